The van der Waals surface area contributed by atoms with Crippen LogP contribution in [0.15, 0.2) is 12.1 Å². The molecule has 0 amide bonds. The van der Waals surface area contributed by atoms with Gasteiger partial charge in [-0.3, -0.25) is 0 Å². The van der Waals surface area contributed by atoms with Gasteiger partial charge in [-0.05, 0) is 42.9 Å². The zero-order valence-corrected chi connectivity index (χ0v) is 10.5. The number of halogens is 2. The number of aromatic nitrogens is 1. The van der Waals surface area contributed by atoms with Crippen LogP contribution in [0, 0.1) is 11.6 Å². The molecule has 2 aliphatic rings. The molecule has 4 rings (SSSR count). The van der Waals surface area contributed by atoms with E-state index >= 15 is 0 Å². The lowest BCUT2D eigenvalue weighted by atomic mass is 9.89. The summed E-state index contributed by atoms with van der Waals surface area (Å²) in [5, 5.41) is 9.28. The van der Waals surface area contributed by atoms with Gasteiger partial charge in [0.15, 0.2) is 0 Å². The highest BCUT2D eigenvalue weighted by molar-refractivity contribution is 6.05. The Morgan fingerprint density at radius 1 is 1.20 bits per heavy atom. The number of aromatic carboxylic acids is 1. The average Bonchev–Trinajstić information content (AvgIpc) is 3.02. The van der Waals surface area contributed by atoms with E-state index in [0.29, 0.717) is 11.3 Å². The third-order valence-corrected chi connectivity index (χ3v) is 4.55. The van der Waals surface area contributed by atoms with Gasteiger partial charge in [-0.1, -0.05) is 0 Å². The van der Waals surface area contributed by atoms with Crippen LogP contribution in [0.1, 0.15) is 52.7 Å². The monoisotopic (exact) mass is 275 g/mol. The van der Waals surface area contributed by atoms with Crippen molar-refractivity contribution < 1.29 is 18.7 Å². The Morgan fingerprint density at radius 2 is 1.90 bits per heavy atom. The molecule has 1 aromatic carbocycles. The molecule has 0 radical (unpaired) electrons. The fraction of sp³-hybridized carbons (Fsp3) is 0.333. The molecule has 2 bridgehead atoms. The Kier molecular flexibility index (Phi) is 2.20. The van der Waals surface area contributed by atoms with Gasteiger partial charge in [0.05, 0.1) is 10.9 Å². The van der Waals surface area contributed by atoms with Crippen LogP contribution >= 0.6 is 0 Å². The van der Waals surface area contributed by atoms with E-state index in [1.807, 2.05) is 0 Å². The number of fused-ring (bicyclic) bond motifs is 6. The van der Waals surface area contributed by atoms with Crippen molar-refractivity contribution in [2.75, 3.05) is 0 Å². The van der Waals surface area contributed by atoms with Crippen LogP contribution < -0.4 is 0 Å². The Balaban J connectivity index is 2.21. The van der Waals surface area contributed by atoms with Gasteiger partial charge in [-0.15, -0.1) is 0 Å². The zero-order valence-electron chi connectivity index (χ0n) is 10.5. The van der Waals surface area contributed by atoms with Crippen molar-refractivity contribution in [2.45, 2.75) is 31.1 Å². The molecule has 20 heavy (non-hydrogen) atoms. The molecule has 2 atom stereocenters. The van der Waals surface area contributed by atoms with Crippen molar-refractivity contribution >= 4 is 16.9 Å². The SMILES string of the molecule is O=C(O)c1c2c(nc3c(F)ccc(F)c13)C1CCC2C1. The summed E-state index contributed by atoms with van der Waals surface area (Å²) in [6.07, 6.45) is 2.70. The van der Waals surface area contributed by atoms with E-state index in [-0.39, 0.29) is 28.3 Å². The highest BCUT2D eigenvalue weighted by Crippen LogP contribution is 2.54. The Morgan fingerprint density at radius 3 is 2.65 bits per heavy atom. The van der Waals surface area contributed by atoms with Gasteiger partial charge < -0.3 is 5.11 Å². The molecule has 2 aliphatic carbocycles. The topological polar surface area (TPSA) is 50.2 Å². The molecule has 1 N–H and O–H groups in total. The summed E-state index contributed by atoms with van der Waals surface area (Å²) in [5.41, 5.74) is 1.05. The highest BCUT2D eigenvalue weighted by Gasteiger charge is 2.42. The summed E-state index contributed by atoms with van der Waals surface area (Å²) in [6, 6.07) is 1.96. The molecule has 1 fully saturated rings. The minimum atomic E-state index is -1.20. The molecule has 1 heterocycles. The van der Waals surface area contributed by atoms with Crippen LogP contribution in [0.5, 0.6) is 0 Å². The highest BCUT2D eigenvalue weighted by atomic mass is 19.1. The van der Waals surface area contributed by atoms with E-state index in [0.717, 1.165) is 31.4 Å². The second-order valence-electron chi connectivity index (χ2n) is 5.55. The first-order chi connectivity index (χ1) is 9.58. The van der Waals surface area contributed by atoms with Crippen molar-refractivity contribution in [1.82, 2.24) is 4.98 Å². The number of hydrogen-bond acceptors (Lipinski definition) is 2. The maximum Gasteiger partial charge on any atom is 0.336 e. The molecule has 102 valence electrons. The van der Waals surface area contributed by atoms with Crippen molar-refractivity contribution in [3.63, 3.8) is 0 Å². The van der Waals surface area contributed by atoms with Crippen molar-refractivity contribution in [2.24, 2.45) is 0 Å². The maximum absolute atomic E-state index is 14.0. The Labute approximate surface area is 113 Å². The fourth-order valence-corrected chi connectivity index (χ4v) is 3.77. The molecule has 1 saturated carbocycles. The average molecular weight is 275 g/mol. The first-order valence-corrected chi connectivity index (χ1v) is 6.62. The number of nitrogens with zero attached hydrogens (tertiary/aromatic N) is 1. The van der Waals surface area contributed by atoms with Crippen LogP contribution in [0.4, 0.5) is 8.78 Å². The normalized spacial score (nSPS) is 23.3. The molecular weight excluding hydrogens is 264 g/mol. The molecule has 2 aromatic rings. The van der Waals surface area contributed by atoms with Crippen LogP contribution in [0.2, 0.25) is 0 Å². The summed E-state index contributed by atoms with van der Waals surface area (Å²) < 4.78 is 27.9. The molecule has 2 unspecified atom stereocenters. The number of rotatable bonds is 1. The largest absolute Gasteiger partial charge is 0.478 e. The number of carboxylic acid groups (broad SMARTS) is 1. The second kappa shape index (κ2) is 3.75. The Bertz CT molecular complexity index is 772. The predicted molar refractivity (Wildman–Crippen MR) is 68.0 cm³/mol. The van der Waals surface area contributed by atoms with Crippen LogP contribution in [0.3, 0.4) is 0 Å². The minimum Gasteiger partial charge on any atom is -0.478 e. The van der Waals surface area contributed by atoms with Gasteiger partial charge in [-0.2, -0.15) is 0 Å². The van der Waals surface area contributed by atoms with Crippen molar-refractivity contribution in [1.29, 1.82) is 0 Å². The third kappa shape index (κ3) is 1.32. The van der Waals surface area contributed by atoms with Crippen LogP contribution in [-0.4, -0.2) is 16.1 Å². The van der Waals surface area contributed by atoms with Gasteiger partial charge in [0.2, 0.25) is 0 Å². The fourth-order valence-electron chi connectivity index (χ4n) is 3.77. The summed E-state index contributed by atoms with van der Waals surface area (Å²) in [7, 11) is 0. The lowest BCUT2D eigenvalue weighted by molar-refractivity contribution is 0.0697. The summed E-state index contributed by atoms with van der Waals surface area (Å²) >= 11 is 0. The second-order valence-corrected chi connectivity index (χ2v) is 5.55. The number of carbonyl (C=O) groups is 1. The number of hydrogen-bond donors (Lipinski definition) is 1. The number of benzene rings is 1. The summed E-state index contributed by atoms with van der Waals surface area (Å²) in [4.78, 5) is 15.9. The molecule has 5 heteroatoms. The molecule has 0 aliphatic heterocycles. The van der Waals surface area contributed by atoms with E-state index in [9.17, 15) is 18.7 Å². The minimum absolute atomic E-state index is 0.0887. The molecule has 1 aromatic heterocycles. The summed E-state index contributed by atoms with van der Waals surface area (Å²) in [5.74, 6) is -2.28. The van der Waals surface area contributed by atoms with Gasteiger partial charge in [0.1, 0.15) is 17.2 Å². The standard InChI is InChI=1S/C15H11F2NO2/c16-8-3-4-9(17)14-11(8)12(15(19)20)10-6-1-2-7(5-6)13(10)18-14/h3-4,6-7H,1-2,5H2,(H,19,20). The zero-order chi connectivity index (χ0) is 14.0. The maximum atomic E-state index is 14.0. The summed E-state index contributed by atoms with van der Waals surface area (Å²) in [6.45, 7) is 0. The Hall–Kier alpha value is -2.04. The van der Waals surface area contributed by atoms with Crippen LogP contribution in [0.25, 0.3) is 10.9 Å². The first kappa shape index (κ1) is 11.8. The first-order valence-electron chi connectivity index (χ1n) is 6.62. The van der Waals surface area contributed by atoms with Crippen LogP contribution in [-0.2, 0) is 0 Å². The molecular formula is C15H11F2NO2. The van der Waals surface area contributed by atoms with Crippen molar-refractivity contribution in [3.05, 3.63) is 40.6 Å². The van der Waals surface area contributed by atoms with Gasteiger partial charge in [0.25, 0.3) is 0 Å². The van der Waals surface area contributed by atoms with E-state index < -0.39 is 17.6 Å². The lowest BCUT2D eigenvalue weighted by Gasteiger charge is -2.18. The third-order valence-electron chi connectivity index (χ3n) is 4.55. The molecule has 3 nitrogen and oxygen atoms in total. The van der Waals surface area contributed by atoms with E-state index in [2.05, 4.69) is 4.98 Å². The lowest BCUT2D eigenvalue weighted by Crippen LogP contribution is -2.12. The smallest absolute Gasteiger partial charge is 0.336 e. The quantitative estimate of drug-likeness (QED) is 0.865. The van der Waals surface area contributed by atoms with E-state index in [4.69, 9.17) is 0 Å². The van der Waals surface area contributed by atoms with Gasteiger partial charge in [-0.25, -0.2) is 18.6 Å². The van der Waals surface area contributed by atoms with Gasteiger partial charge in [0, 0.05) is 11.6 Å². The van der Waals surface area contributed by atoms with E-state index in [1.165, 1.54) is 0 Å². The number of pyridine rings is 1. The van der Waals surface area contributed by atoms with E-state index in [1.54, 1.807) is 0 Å². The van der Waals surface area contributed by atoms with Crippen molar-refractivity contribution in [3.8, 4) is 0 Å². The predicted octanol–water partition coefficient (Wildman–Crippen LogP) is 3.58. The van der Waals surface area contributed by atoms with Gasteiger partial charge >= 0.3 is 5.97 Å². The molecule has 0 spiro atoms. The molecule has 0 saturated heterocycles. The number of carboxylic acids is 1.